The molecule has 2 rings (SSSR count). The number of carbonyl (C=O) groups excluding carboxylic acids is 1. The maximum atomic E-state index is 11.0. The summed E-state index contributed by atoms with van der Waals surface area (Å²) in [5.74, 6) is -0.459. The second kappa shape index (κ2) is 3.97. The smallest absolute Gasteiger partial charge is 0.254 e. The van der Waals surface area contributed by atoms with E-state index >= 15 is 0 Å². The lowest BCUT2D eigenvalue weighted by molar-refractivity contribution is 0.100. The highest BCUT2D eigenvalue weighted by atomic mass is 79.9. The number of carbonyl (C=O) groups is 1. The van der Waals surface area contributed by atoms with Crippen molar-refractivity contribution in [2.24, 2.45) is 5.73 Å². The van der Waals surface area contributed by atoms with Gasteiger partial charge >= 0.3 is 0 Å². The molecule has 2 aromatic rings. The average Bonchev–Trinajstić information content (AvgIpc) is 2.61. The van der Waals surface area contributed by atoms with Crippen molar-refractivity contribution >= 4 is 27.7 Å². The SMILES string of the molecule is NC(=O)c1cn(-c2ccccc2Br)nc1N. The maximum Gasteiger partial charge on any atom is 0.254 e. The van der Waals surface area contributed by atoms with Crippen LogP contribution in [0.1, 0.15) is 10.4 Å². The van der Waals surface area contributed by atoms with E-state index < -0.39 is 5.91 Å². The molecule has 1 amide bonds. The lowest BCUT2D eigenvalue weighted by atomic mass is 10.3. The van der Waals surface area contributed by atoms with Gasteiger partial charge in [0, 0.05) is 10.7 Å². The first-order chi connectivity index (χ1) is 7.59. The molecule has 6 heteroatoms. The summed E-state index contributed by atoms with van der Waals surface area (Å²) in [4.78, 5) is 11.0. The van der Waals surface area contributed by atoms with Crippen molar-refractivity contribution in [1.82, 2.24) is 9.78 Å². The average molecular weight is 281 g/mol. The quantitative estimate of drug-likeness (QED) is 0.870. The fraction of sp³-hybridized carbons (Fsp3) is 0. The van der Waals surface area contributed by atoms with E-state index in [0.29, 0.717) is 0 Å². The number of hydrogen-bond donors (Lipinski definition) is 2. The highest BCUT2D eigenvalue weighted by Crippen LogP contribution is 2.21. The molecule has 0 radical (unpaired) electrons. The summed E-state index contributed by atoms with van der Waals surface area (Å²) in [6, 6.07) is 7.47. The van der Waals surface area contributed by atoms with Gasteiger partial charge in [-0.25, -0.2) is 4.68 Å². The molecule has 0 aliphatic carbocycles. The molecule has 82 valence electrons. The van der Waals surface area contributed by atoms with Crippen molar-refractivity contribution in [3.63, 3.8) is 0 Å². The molecule has 0 atom stereocenters. The molecule has 0 aliphatic heterocycles. The number of aromatic nitrogens is 2. The van der Waals surface area contributed by atoms with E-state index in [4.69, 9.17) is 11.5 Å². The van der Waals surface area contributed by atoms with Crippen molar-refractivity contribution in [1.29, 1.82) is 0 Å². The van der Waals surface area contributed by atoms with Gasteiger partial charge < -0.3 is 11.5 Å². The van der Waals surface area contributed by atoms with Crippen molar-refractivity contribution < 1.29 is 4.79 Å². The third-order valence-electron chi connectivity index (χ3n) is 2.11. The van der Waals surface area contributed by atoms with E-state index in [1.165, 1.54) is 10.9 Å². The molecular formula is C10H9BrN4O. The largest absolute Gasteiger partial charge is 0.382 e. The van der Waals surface area contributed by atoms with Crippen LogP contribution in [-0.4, -0.2) is 15.7 Å². The Balaban J connectivity index is 2.54. The monoisotopic (exact) mass is 280 g/mol. The molecule has 16 heavy (non-hydrogen) atoms. The number of hydrogen-bond acceptors (Lipinski definition) is 3. The van der Waals surface area contributed by atoms with Crippen LogP contribution in [-0.2, 0) is 0 Å². The summed E-state index contributed by atoms with van der Waals surface area (Å²) in [5.41, 5.74) is 11.8. The first-order valence-corrected chi connectivity index (χ1v) is 5.28. The third-order valence-corrected chi connectivity index (χ3v) is 2.78. The van der Waals surface area contributed by atoms with Crippen LogP contribution in [0.3, 0.4) is 0 Å². The molecule has 0 aliphatic rings. The normalized spacial score (nSPS) is 10.3. The van der Waals surface area contributed by atoms with Crippen molar-refractivity contribution in [3.05, 3.63) is 40.5 Å². The van der Waals surface area contributed by atoms with Crippen LogP contribution >= 0.6 is 15.9 Å². The molecule has 1 aromatic carbocycles. The third kappa shape index (κ3) is 1.79. The summed E-state index contributed by atoms with van der Waals surface area (Å²) >= 11 is 3.39. The Hall–Kier alpha value is -1.82. The number of rotatable bonds is 2. The van der Waals surface area contributed by atoms with Crippen molar-refractivity contribution in [2.75, 3.05) is 5.73 Å². The molecule has 1 heterocycles. The molecule has 0 bridgehead atoms. The molecule has 1 aromatic heterocycles. The van der Waals surface area contributed by atoms with Crippen LogP contribution in [0.5, 0.6) is 0 Å². The second-order valence-corrected chi connectivity index (χ2v) is 4.04. The van der Waals surface area contributed by atoms with E-state index in [1.807, 2.05) is 24.3 Å². The van der Waals surface area contributed by atoms with Gasteiger partial charge in [0.15, 0.2) is 5.82 Å². The lowest BCUT2D eigenvalue weighted by Gasteiger charge is -2.02. The number of benzene rings is 1. The number of nitrogens with two attached hydrogens (primary N) is 2. The lowest BCUT2D eigenvalue weighted by Crippen LogP contribution is -2.11. The van der Waals surface area contributed by atoms with Crippen LogP contribution in [0.15, 0.2) is 34.9 Å². The highest BCUT2D eigenvalue weighted by Gasteiger charge is 2.12. The van der Waals surface area contributed by atoms with Crippen LogP contribution < -0.4 is 11.5 Å². The number of nitrogens with zero attached hydrogens (tertiary/aromatic N) is 2. The summed E-state index contributed by atoms with van der Waals surface area (Å²) in [6.07, 6.45) is 1.51. The topological polar surface area (TPSA) is 86.9 Å². The Morgan fingerprint density at radius 2 is 2.06 bits per heavy atom. The van der Waals surface area contributed by atoms with E-state index in [2.05, 4.69) is 21.0 Å². The van der Waals surface area contributed by atoms with E-state index in [1.54, 1.807) is 0 Å². The number of anilines is 1. The zero-order valence-electron chi connectivity index (χ0n) is 8.22. The Morgan fingerprint density at radius 3 is 2.62 bits per heavy atom. The van der Waals surface area contributed by atoms with Crippen LogP contribution in [0.2, 0.25) is 0 Å². The minimum Gasteiger partial charge on any atom is -0.382 e. The number of amides is 1. The van der Waals surface area contributed by atoms with Crippen molar-refractivity contribution in [2.45, 2.75) is 0 Å². The zero-order chi connectivity index (χ0) is 11.7. The molecule has 0 spiro atoms. The summed E-state index contributed by atoms with van der Waals surface area (Å²) in [6.45, 7) is 0. The number of halogens is 1. The predicted molar refractivity (Wildman–Crippen MR) is 64.2 cm³/mol. The Bertz CT molecular complexity index is 550. The first-order valence-electron chi connectivity index (χ1n) is 4.49. The first kappa shape index (κ1) is 10.7. The summed E-state index contributed by atoms with van der Waals surface area (Å²) < 4.78 is 2.37. The number of nitrogen functional groups attached to an aromatic ring is 1. The fourth-order valence-corrected chi connectivity index (χ4v) is 1.80. The van der Waals surface area contributed by atoms with E-state index in [9.17, 15) is 4.79 Å². The van der Waals surface area contributed by atoms with Gasteiger partial charge in [0.25, 0.3) is 5.91 Å². The van der Waals surface area contributed by atoms with Gasteiger partial charge in [-0.15, -0.1) is 5.10 Å². The fourth-order valence-electron chi connectivity index (χ4n) is 1.34. The molecule has 0 saturated heterocycles. The van der Waals surface area contributed by atoms with Crippen LogP contribution in [0.4, 0.5) is 5.82 Å². The number of primary amides is 1. The van der Waals surface area contributed by atoms with Gasteiger partial charge in [-0.2, -0.15) is 0 Å². The van der Waals surface area contributed by atoms with E-state index in [0.717, 1.165) is 10.2 Å². The van der Waals surface area contributed by atoms with Gasteiger partial charge in [0.2, 0.25) is 0 Å². The molecular weight excluding hydrogens is 272 g/mol. The van der Waals surface area contributed by atoms with Gasteiger partial charge in [0.1, 0.15) is 5.56 Å². The van der Waals surface area contributed by atoms with Crippen LogP contribution in [0.25, 0.3) is 5.69 Å². The minimum atomic E-state index is -0.587. The Labute approximate surface area is 100 Å². The highest BCUT2D eigenvalue weighted by molar-refractivity contribution is 9.10. The maximum absolute atomic E-state index is 11.0. The Kier molecular flexibility index (Phi) is 2.66. The summed E-state index contributed by atoms with van der Waals surface area (Å²) in [5, 5.41) is 4.03. The minimum absolute atomic E-state index is 0.128. The Morgan fingerprint density at radius 1 is 1.38 bits per heavy atom. The molecule has 4 N–H and O–H groups in total. The van der Waals surface area contributed by atoms with Gasteiger partial charge in [-0.1, -0.05) is 12.1 Å². The molecule has 0 saturated carbocycles. The van der Waals surface area contributed by atoms with Gasteiger partial charge in [0.05, 0.1) is 5.69 Å². The van der Waals surface area contributed by atoms with Crippen molar-refractivity contribution in [3.8, 4) is 5.69 Å². The van der Waals surface area contributed by atoms with E-state index in [-0.39, 0.29) is 11.4 Å². The second-order valence-electron chi connectivity index (χ2n) is 3.19. The van der Waals surface area contributed by atoms with Gasteiger partial charge in [-0.3, -0.25) is 4.79 Å². The van der Waals surface area contributed by atoms with Gasteiger partial charge in [-0.05, 0) is 28.1 Å². The molecule has 5 nitrogen and oxygen atoms in total. The molecule has 0 unspecified atom stereocenters. The summed E-state index contributed by atoms with van der Waals surface area (Å²) in [7, 11) is 0. The predicted octanol–water partition coefficient (Wildman–Crippen LogP) is 1.32. The van der Waals surface area contributed by atoms with Crippen LogP contribution in [0, 0.1) is 0 Å². The standard InChI is InChI=1S/C10H9BrN4O/c11-7-3-1-2-4-8(7)15-5-6(10(13)16)9(12)14-15/h1-5H,(H2,12,14)(H2,13,16). The zero-order valence-corrected chi connectivity index (χ0v) is 9.81. The molecule has 0 fully saturated rings. The number of para-hydroxylation sites is 1.